The van der Waals surface area contributed by atoms with Crippen molar-refractivity contribution in [2.45, 2.75) is 58.2 Å². The molecule has 0 spiro atoms. The number of rotatable bonds is 11. The topological polar surface area (TPSA) is 128 Å². The predicted octanol–water partition coefficient (Wildman–Crippen LogP) is 5.52. The lowest BCUT2D eigenvalue weighted by Gasteiger charge is -2.20. The van der Waals surface area contributed by atoms with Crippen LogP contribution < -0.4 is 21.9 Å². The zero-order valence-electron chi connectivity index (χ0n) is 23.1. The second kappa shape index (κ2) is 12.7. The molecule has 1 aliphatic rings. The standard InChI is InChI=1S/C30H33N7O2S2/c1-4-5-11-25(20-9-7-6-8-10-20)40-19(3)18(2)35-23-16-32-27-13-12-24(37(27)30(23)39)29(38)33-15-21-14-22-26(41-21)17-34-36-28(22)31/h6-11,14,16-18,24,35H,3-5,12-13,15H2,1-2H3,(H2,31,36)(H,33,38)/b25-11-. The van der Waals surface area contributed by atoms with Crippen molar-refractivity contribution in [3.8, 4) is 0 Å². The van der Waals surface area contributed by atoms with Crippen LogP contribution in [0.15, 0.2) is 71.1 Å². The highest BCUT2D eigenvalue weighted by atomic mass is 32.2. The Kier molecular flexibility index (Phi) is 8.84. The molecule has 5 rings (SSSR count). The fraction of sp³-hybridized carbons (Fsp3) is 0.300. The van der Waals surface area contributed by atoms with E-state index in [1.165, 1.54) is 15.9 Å². The number of unbranched alkanes of at least 4 members (excludes halogenated alkanes) is 1. The van der Waals surface area contributed by atoms with Crippen LogP contribution in [0.4, 0.5) is 11.5 Å². The van der Waals surface area contributed by atoms with Crippen molar-refractivity contribution in [2.24, 2.45) is 0 Å². The van der Waals surface area contributed by atoms with Gasteiger partial charge in [-0.3, -0.25) is 14.2 Å². The van der Waals surface area contributed by atoms with Crippen LogP contribution in [0, 0.1) is 0 Å². The van der Waals surface area contributed by atoms with Gasteiger partial charge in [0, 0.05) is 26.5 Å². The fourth-order valence-corrected chi connectivity index (χ4v) is 6.67. The van der Waals surface area contributed by atoms with Crippen LogP contribution >= 0.6 is 23.1 Å². The van der Waals surface area contributed by atoms with Gasteiger partial charge < -0.3 is 16.4 Å². The Labute approximate surface area is 247 Å². The van der Waals surface area contributed by atoms with E-state index in [-0.39, 0.29) is 17.5 Å². The van der Waals surface area contributed by atoms with Crippen molar-refractivity contribution in [1.82, 2.24) is 25.1 Å². The number of nitrogens with zero attached hydrogens (tertiary/aromatic N) is 4. The van der Waals surface area contributed by atoms with Gasteiger partial charge in [0.2, 0.25) is 5.91 Å². The monoisotopic (exact) mass is 587 g/mol. The largest absolute Gasteiger partial charge is 0.382 e. The molecule has 4 aromatic rings. The van der Waals surface area contributed by atoms with Gasteiger partial charge in [-0.1, -0.05) is 68.1 Å². The number of benzene rings is 1. The van der Waals surface area contributed by atoms with E-state index >= 15 is 0 Å². The minimum atomic E-state index is -0.621. The number of amides is 1. The van der Waals surface area contributed by atoms with Gasteiger partial charge in [0.1, 0.15) is 17.6 Å². The molecule has 1 aliphatic heterocycles. The first kappa shape index (κ1) is 28.6. The number of thioether (sulfide) groups is 1. The van der Waals surface area contributed by atoms with Gasteiger partial charge in [-0.2, -0.15) is 5.10 Å². The molecule has 3 aromatic heterocycles. The number of thiophene rings is 1. The first-order valence-electron chi connectivity index (χ1n) is 13.6. The number of nitrogens with two attached hydrogens (primary N) is 1. The highest BCUT2D eigenvalue weighted by Crippen LogP contribution is 2.35. The van der Waals surface area contributed by atoms with E-state index in [9.17, 15) is 9.59 Å². The molecule has 0 aliphatic carbocycles. The maximum absolute atomic E-state index is 13.6. The highest BCUT2D eigenvalue weighted by Gasteiger charge is 2.31. The molecule has 41 heavy (non-hydrogen) atoms. The summed E-state index contributed by atoms with van der Waals surface area (Å²) in [6.45, 7) is 8.75. The molecule has 2 unspecified atom stereocenters. The summed E-state index contributed by atoms with van der Waals surface area (Å²) in [5, 5.41) is 14.9. The van der Waals surface area contributed by atoms with Crippen molar-refractivity contribution in [1.29, 1.82) is 0 Å². The molecule has 1 amide bonds. The van der Waals surface area contributed by atoms with Gasteiger partial charge in [-0.05, 0) is 31.4 Å². The molecule has 0 radical (unpaired) electrons. The van der Waals surface area contributed by atoms with Crippen LogP contribution in [0.1, 0.15) is 55.4 Å². The molecule has 0 saturated carbocycles. The molecule has 0 saturated heterocycles. The molecule has 4 heterocycles. The Bertz CT molecular complexity index is 1660. The SMILES string of the molecule is C=C(S/C(=C\CCC)c1ccccc1)C(C)Nc1cnc2n(c1=O)C(C(=O)NCc1cc3c(N)nncc3s1)CC2. The van der Waals surface area contributed by atoms with E-state index < -0.39 is 6.04 Å². The van der Waals surface area contributed by atoms with Crippen molar-refractivity contribution in [3.05, 3.63) is 93.0 Å². The first-order valence-corrected chi connectivity index (χ1v) is 15.3. The Morgan fingerprint density at radius 3 is 2.88 bits per heavy atom. The second-order valence-electron chi connectivity index (χ2n) is 9.91. The average Bonchev–Trinajstić information content (AvgIpc) is 3.61. The Morgan fingerprint density at radius 1 is 1.32 bits per heavy atom. The fourth-order valence-electron chi connectivity index (χ4n) is 4.72. The lowest BCUT2D eigenvalue weighted by Crippen LogP contribution is -2.36. The van der Waals surface area contributed by atoms with Gasteiger partial charge in [-0.15, -0.1) is 16.4 Å². The number of carbonyl (C=O) groups excluding carboxylic acids is 1. The third-order valence-electron chi connectivity index (χ3n) is 6.96. The van der Waals surface area contributed by atoms with Crippen LogP contribution in [0.2, 0.25) is 0 Å². The number of anilines is 2. The number of hydrogen-bond acceptors (Lipinski definition) is 9. The molecule has 2 atom stereocenters. The summed E-state index contributed by atoms with van der Waals surface area (Å²) in [6, 6.07) is 11.3. The molecule has 0 fully saturated rings. The summed E-state index contributed by atoms with van der Waals surface area (Å²) in [5.41, 5.74) is 7.15. The molecule has 11 heteroatoms. The van der Waals surface area contributed by atoms with Crippen LogP contribution in [0.25, 0.3) is 15.0 Å². The highest BCUT2D eigenvalue weighted by molar-refractivity contribution is 8.11. The van der Waals surface area contributed by atoms with E-state index in [4.69, 9.17) is 5.73 Å². The summed E-state index contributed by atoms with van der Waals surface area (Å²) in [5.74, 6) is 0.762. The van der Waals surface area contributed by atoms with E-state index in [0.717, 1.165) is 43.2 Å². The summed E-state index contributed by atoms with van der Waals surface area (Å²) in [6.07, 6.45) is 8.56. The van der Waals surface area contributed by atoms with Crippen molar-refractivity contribution in [2.75, 3.05) is 11.1 Å². The molecular formula is C30H33N7O2S2. The third kappa shape index (κ3) is 6.36. The minimum Gasteiger partial charge on any atom is -0.382 e. The van der Waals surface area contributed by atoms with Crippen LogP contribution in [0.3, 0.4) is 0 Å². The smallest absolute Gasteiger partial charge is 0.277 e. The summed E-state index contributed by atoms with van der Waals surface area (Å²) >= 11 is 3.11. The molecular weight excluding hydrogens is 555 g/mol. The van der Waals surface area contributed by atoms with E-state index in [1.54, 1.807) is 24.2 Å². The lowest BCUT2D eigenvalue weighted by atomic mass is 10.2. The number of nitrogen functional groups attached to an aromatic ring is 1. The number of carbonyl (C=O) groups is 1. The Balaban J connectivity index is 1.27. The average molecular weight is 588 g/mol. The van der Waals surface area contributed by atoms with E-state index in [2.05, 4.69) is 57.5 Å². The number of allylic oxidation sites excluding steroid dienone is 1. The van der Waals surface area contributed by atoms with Crippen molar-refractivity contribution < 1.29 is 4.79 Å². The maximum Gasteiger partial charge on any atom is 0.277 e. The molecule has 0 bridgehead atoms. The quantitative estimate of drug-likeness (QED) is 0.209. The van der Waals surface area contributed by atoms with Gasteiger partial charge in [0.15, 0.2) is 5.82 Å². The Hall–Kier alpha value is -3.96. The zero-order valence-corrected chi connectivity index (χ0v) is 24.7. The van der Waals surface area contributed by atoms with Crippen LogP contribution in [-0.4, -0.2) is 31.7 Å². The van der Waals surface area contributed by atoms with Crippen LogP contribution in [-0.2, 0) is 17.8 Å². The molecule has 1 aromatic carbocycles. The summed E-state index contributed by atoms with van der Waals surface area (Å²) in [4.78, 5) is 34.2. The number of fused-ring (bicyclic) bond motifs is 2. The number of nitrogens with one attached hydrogen (secondary N) is 2. The minimum absolute atomic E-state index is 0.208. The van der Waals surface area contributed by atoms with Gasteiger partial charge >= 0.3 is 0 Å². The zero-order chi connectivity index (χ0) is 28.9. The van der Waals surface area contributed by atoms with Crippen molar-refractivity contribution >= 4 is 55.5 Å². The van der Waals surface area contributed by atoms with Crippen molar-refractivity contribution in [3.63, 3.8) is 0 Å². The number of hydrogen-bond donors (Lipinski definition) is 3. The first-order chi connectivity index (χ1) is 19.9. The third-order valence-corrected chi connectivity index (χ3v) is 9.27. The Morgan fingerprint density at radius 2 is 2.12 bits per heavy atom. The normalized spacial score (nSPS) is 15.5. The molecule has 9 nitrogen and oxygen atoms in total. The summed E-state index contributed by atoms with van der Waals surface area (Å²) in [7, 11) is 0. The maximum atomic E-state index is 13.6. The molecule has 212 valence electrons. The van der Waals surface area contributed by atoms with E-state index in [1.807, 2.05) is 31.2 Å². The molecule has 4 N–H and O–H groups in total. The second-order valence-corrected chi connectivity index (χ2v) is 12.3. The number of aromatic nitrogens is 4. The number of aryl methyl sites for hydroxylation is 1. The predicted molar refractivity (Wildman–Crippen MR) is 169 cm³/mol. The van der Waals surface area contributed by atoms with Gasteiger partial charge in [0.25, 0.3) is 5.56 Å². The van der Waals surface area contributed by atoms with E-state index in [0.29, 0.717) is 36.7 Å². The lowest BCUT2D eigenvalue weighted by molar-refractivity contribution is -0.124. The summed E-state index contributed by atoms with van der Waals surface area (Å²) < 4.78 is 2.43. The van der Waals surface area contributed by atoms with Gasteiger partial charge in [0.05, 0.1) is 29.7 Å². The van der Waals surface area contributed by atoms with Crippen LogP contribution in [0.5, 0.6) is 0 Å². The van der Waals surface area contributed by atoms with Gasteiger partial charge in [-0.25, -0.2) is 4.98 Å².